The number of hydrogen-bond acceptors (Lipinski definition) is 3. The van der Waals surface area contributed by atoms with Crippen LogP contribution in [0.2, 0.25) is 0 Å². The summed E-state index contributed by atoms with van der Waals surface area (Å²) in [7, 11) is -0.0251. The molecule has 44 heavy (non-hydrogen) atoms. The number of phosphoric acid groups is 1. The Morgan fingerprint density at radius 1 is 0.477 bits per heavy atom. The molecule has 0 heterocycles. The molecule has 0 aromatic rings. The van der Waals surface area contributed by atoms with Crippen molar-refractivity contribution in [2.45, 2.75) is 213 Å². The molecule has 0 saturated carbocycles. The first kappa shape index (κ1) is 46.2. The Morgan fingerprint density at radius 2 is 0.750 bits per heavy atom. The molecule has 6 heteroatoms. The monoisotopic (exact) mass is 648 g/mol. The molecule has 2 N–H and O–H groups in total. The van der Waals surface area contributed by atoms with Crippen LogP contribution in [0.4, 0.5) is 0 Å². The summed E-state index contributed by atoms with van der Waals surface area (Å²) in [5, 5.41) is 0. The van der Waals surface area contributed by atoms with Crippen molar-refractivity contribution in [3.05, 3.63) is 0 Å². The van der Waals surface area contributed by atoms with E-state index in [1.807, 2.05) is 0 Å². The van der Waals surface area contributed by atoms with Crippen molar-refractivity contribution in [2.24, 2.45) is 5.92 Å². The summed E-state index contributed by atoms with van der Waals surface area (Å²) in [6, 6.07) is 0. The summed E-state index contributed by atoms with van der Waals surface area (Å²) in [4.78, 5) is 20.3. The molecule has 0 aliphatic carbocycles. The quantitative estimate of drug-likeness (QED) is 0.0537. The summed E-state index contributed by atoms with van der Waals surface area (Å²) >= 11 is 0. The molecule has 0 amide bonds. The van der Waals surface area contributed by atoms with Gasteiger partial charge < -0.3 is 14.7 Å². The molecule has 0 fully saturated rings. The van der Waals surface area contributed by atoms with Gasteiger partial charge in [0.25, 0.3) is 0 Å². The van der Waals surface area contributed by atoms with Crippen molar-refractivity contribution >= 4 is 7.82 Å². The van der Waals surface area contributed by atoms with Gasteiger partial charge in [-0.2, -0.15) is 0 Å². The highest BCUT2D eigenvalue weighted by Crippen LogP contribution is 2.37. The molecule has 0 radical (unpaired) electrons. The minimum atomic E-state index is -4.35. The molecule has 0 saturated heterocycles. The molecule has 0 aromatic heterocycles. The second-order valence-corrected chi connectivity index (χ2v) is 15.1. The molecule has 0 aliphatic heterocycles. The van der Waals surface area contributed by atoms with Gasteiger partial charge in [0.05, 0.1) is 6.61 Å². The summed E-state index contributed by atoms with van der Waals surface area (Å²) in [6.45, 7) is 8.25. The fourth-order valence-electron chi connectivity index (χ4n) is 5.92. The third-order valence-corrected chi connectivity index (χ3v) is 9.35. The number of nitrogens with zero attached hydrogens (tertiary/aromatic N) is 1. The van der Waals surface area contributed by atoms with Crippen LogP contribution in [0.3, 0.4) is 0 Å². The minimum absolute atomic E-state index is 0.207. The van der Waals surface area contributed by atoms with Crippen molar-refractivity contribution in [3.63, 3.8) is 0 Å². The van der Waals surface area contributed by atoms with Gasteiger partial charge in [0.2, 0.25) is 0 Å². The lowest BCUT2D eigenvalue weighted by Crippen LogP contribution is -2.12. The van der Waals surface area contributed by atoms with E-state index in [0.29, 0.717) is 0 Å². The largest absolute Gasteiger partial charge is 0.469 e. The maximum Gasteiger partial charge on any atom is 0.469 e. The predicted octanol–water partition coefficient (Wildman–Crippen LogP) is 13.0. The van der Waals surface area contributed by atoms with Gasteiger partial charge in [-0.3, -0.25) is 4.52 Å². The van der Waals surface area contributed by atoms with Crippen molar-refractivity contribution in [2.75, 3.05) is 27.2 Å². The fourth-order valence-corrected chi connectivity index (χ4v) is 6.32. The molecule has 0 spiro atoms. The first-order valence-electron chi connectivity index (χ1n) is 19.6. The van der Waals surface area contributed by atoms with Gasteiger partial charge in [-0.15, -0.1) is 0 Å². The second-order valence-electron chi connectivity index (χ2n) is 13.9. The van der Waals surface area contributed by atoms with Gasteiger partial charge >= 0.3 is 7.82 Å². The van der Waals surface area contributed by atoms with E-state index in [2.05, 4.69) is 39.8 Å². The lowest BCUT2D eigenvalue weighted by molar-refractivity contribution is 0.157. The zero-order valence-corrected chi connectivity index (χ0v) is 31.7. The summed E-state index contributed by atoms with van der Waals surface area (Å²) in [5.74, 6) is 0.289. The molecule has 1 atom stereocenters. The highest BCUT2D eigenvalue weighted by atomic mass is 31.2. The van der Waals surface area contributed by atoms with E-state index < -0.39 is 7.82 Å². The van der Waals surface area contributed by atoms with E-state index in [0.717, 1.165) is 25.7 Å². The zero-order chi connectivity index (χ0) is 33.0. The van der Waals surface area contributed by atoms with Crippen LogP contribution >= 0.6 is 7.82 Å². The van der Waals surface area contributed by atoms with Crippen molar-refractivity contribution in [3.8, 4) is 0 Å². The molecule has 5 nitrogen and oxygen atoms in total. The van der Waals surface area contributed by atoms with Crippen molar-refractivity contribution in [1.29, 1.82) is 0 Å². The van der Waals surface area contributed by atoms with Crippen molar-refractivity contribution < 1.29 is 18.9 Å². The Morgan fingerprint density at radius 3 is 1.02 bits per heavy atom. The molecule has 0 aromatic carbocycles. The molecule has 1 unspecified atom stereocenters. The SMILES string of the molecule is CCCCCCCCCCCCC(CCCCCCCCCC)COP(=O)(O)O.CCCCCCCCCCCCN(C)C. The molecule has 0 rings (SSSR count). The van der Waals surface area contributed by atoms with Gasteiger partial charge in [-0.1, -0.05) is 194 Å². The molecule has 0 aliphatic rings. The molecular formula is C38H82NO4P. The van der Waals surface area contributed by atoms with Crippen LogP contribution in [-0.2, 0) is 9.09 Å². The third-order valence-electron chi connectivity index (χ3n) is 8.87. The zero-order valence-electron chi connectivity index (χ0n) is 30.8. The summed E-state index contributed by atoms with van der Waals surface area (Å²) in [5.41, 5.74) is 0. The lowest BCUT2D eigenvalue weighted by Gasteiger charge is -2.17. The number of hydrogen-bond donors (Lipinski definition) is 2. The van der Waals surface area contributed by atoms with Gasteiger partial charge in [0, 0.05) is 0 Å². The summed E-state index contributed by atoms with van der Waals surface area (Å²) in [6.07, 6.45) is 39.9. The van der Waals surface area contributed by atoms with Crippen LogP contribution in [0, 0.1) is 5.92 Å². The predicted molar refractivity (Wildman–Crippen MR) is 196 cm³/mol. The summed E-state index contributed by atoms with van der Waals surface area (Å²) < 4.78 is 15.9. The standard InChI is InChI=1S/C24H51O4P.C14H31N/c1-3-5-7-9-11-13-14-16-18-20-22-24(23-28-29(25,26)27)21-19-17-15-12-10-8-6-4-2;1-4-5-6-7-8-9-10-11-12-13-14-15(2)3/h24H,3-23H2,1-2H3,(H2,25,26,27);4-14H2,1-3H3. The van der Waals surface area contributed by atoms with E-state index in [-0.39, 0.29) is 12.5 Å². The van der Waals surface area contributed by atoms with Crippen LogP contribution in [0.5, 0.6) is 0 Å². The van der Waals surface area contributed by atoms with Crippen LogP contribution in [0.15, 0.2) is 0 Å². The van der Waals surface area contributed by atoms with E-state index in [9.17, 15) is 4.57 Å². The van der Waals surface area contributed by atoms with Gasteiger partial charge in [-0.25, -0.2) is 4.57 Å². The first-order chi connectivity index (χ1) is 21.3. The Labute approximate surface area is 277 Å². The molecule has 268 valence electrons. The van der Waals surface area contributed by atoms with Gasteiger partial charge in [-0.05, 0) is 45.8 Å². The second kappa shape index (κ2) is 37.5. The van der Waals surface area contributed by atoms with E-state index >= 15 is 0 Å². The van der Waals surface area contributed by atoms with Crippen LogP contribution in [0.25, 0.3) is 0 Å². The Bertz CT molecular complexity index is 569. The van der Waals surface area contributed by atoms with E-state index in [4.69, 9.17) is 14.3 Å². The van der Waals surface area contributed by atoms with Crippen LogP contribution < -0.4 is 0 Å². The average Bonchev–Trinajstić information content (AvgIpc) is 2.98. The number of phosphoric ester groups is 1. The number of unbranched alkanes of at least 4 members (excludes halogenated alkanes) is 25. The van der Waals surface area contributed by atoms with E-state index in [1.165, 1.54) is 173 Å². The average molecular weight is 648 g/mol. The molecular weight excluding hydrogens is 565 g/mol. The Kier molecular flexibility index (Phi) is 39.4. The normalized spacial score (nSPS) is 12.5. The van der Waals surface area contributed by atoms with E-state index in [1.54, 1.807) is 0 Å². The highest BCUT2D eigenvalue weighted by molar-refractivity contribution is 7.46. The van der Waals surface area contributed by atoms with Gasteiger partial charge in [0.15, 0.2) is 0 Å². The smallest absolute Gasteiger partial charge is 0.309 e. The number of rotatable bonds is 34. The Balaban J connectivity index is 0. The lowest BCUT2D eigenvalue weighted by atomic mass is 9.94. The van der Waals surface area contributed by atoms with Crippen LogP contribution in [0.1, 0.15) is 213 Å². The fraction of sp³-hybridized carbons (Fsp3) is 1.00. The topological polar surface area (TPSA) is 70.0 Å². The van der Waals surface area contributed by atoms with Crippen molar-refractivity contribution in [1.82, 2.24) is 4.90 Å². The Hall–Kier alpha value is 0.0700. The molecule has 0 bridgehead atoms. The highest BCUT2D eigenvalue weighted by Gasteiger charge is 2.18. The third kappa shape index (κ3) is 44.2. The maximum atomic E-state index is 11.1. The first-order valence-corrected chi connectivity index (χ1v) is 21.1. The van der Waals surface area contributed by atoms with Crippen LogP contribution in [-0.4, -0.2) is 41.9 Å². The minimum Gasteiger partial charge on any atom is -0.309 e. The maximum absolute atomic E-state index is 11.1. The van der Waals surface area contributed by atoms with Gasteiger partial charge in [0.1, 0.15) is 0 Å².